The molecule has 2 amide bonds. The molecule has 6 heteroatoms. The normalized spacial score (nSPS) is 10.1. The Morgan fingerprint density at radius 1 is 1.18 bits per heavy atom. The fourth-order valence-corrected chi connectivity index (χ4v) is 1.99. The molecule has 6 nitrogen and oxygen atoms in total. The van der Waals surface area contributed by atoms with Crippen LogP contribution >= 0.6 is 0 Å². The second-order valence-electron chi connectivity index (χ2n) is 4.75. The van der Waals surface area contributed by atoms with Gasteiger partial charge < -0.3 is 15.5 Å². The third-order valence-corrected chi connectivity index (χ3v) is 3.33. The molecule has 0 spiro atoms. The number of nitrogens with one attached hydrogen (secondary N) is 2. The quantitative estimate of drug-likeness (QED) is 0.588. The van der Waals surface area contributed by atoms with Crippen molar-refractivity contribution in [3.63, 3.8) is 0 Å². The molecule has 22 heavy (non-hydrogen) atoms. The van der Waals surface area contributed by atoms with E-state index in [2.05, 4.69) is 29.4 Å². The van der Waals surface area contributed by atoms with E-state index in [9.17, 15) is 9.59 Å². The first-order valence-electron chi connectivity index (χ1n) is 7.43. The van der Waals surface area contributed by atoms with E-state index in [0.29, 0.717) is 17.8 Å². The molecule has 0 bridgehead atoms. The van der Waals surface area contributed by atoms with Gasteiger partial charge >= 0.3 is 11.8 Å². The number of benzene rings is 1. The minimum atomic E-state index is -0.759. The number of carbonyl (C=O) groups is 2. The summed E-state index contributed by atoms with van der Waals surface area (Å²) in [6.45, 7) is 7.44. The van der Waals surface area contributed by atoms with Crippen molar-refractivity contribution in [3.05, 3.63) is 29.8 Å². The molecule has 0 aliphatic rings. The molecule has 2 N–H and O–H groups in total. The molecule has 0 unspecified atom stereocenters. The number of anilines is 1. The molecular formula is C16H22N4O2. The SMILES string of the molecule is CCN(CC)CCCNC(=O)C(=O)Nc1ccccc1C#N. The van der Waals surface area contributed by atoms with Gasteiger partial charge in [0.05, 0.1) is 11.3 Å². The number of para-hydroxylation sites is 1. The number of hydrogen-bond donors (Lipinski definition) is 2. The zero-order chi connectivity index (χ0) is 16.4. The van der Waals surface area contributed by atoms with Crippen LogP contribution in [0, 0.1) is 11.3 Å². The van der Waals surface area contributed by atoms with Crippen LogP contribution in [0.15, 0.2) is 24.3 Å². The summed E-state index contributed by atoms with van der Waals surface area (Å²) >= 11 is 0. The summed E-state index contributed by atoms with van der Waals surface area (Å²) in [5, 5.41) is 14.0. The van der Waals surface area contributed by atoms with Crippen LogP contribution in [0.1, 0.15) is 25.8 Å². The Morgan fingerprint density at radius 2 is 1.86 bits per heavy atom. The van der Waals surface area contributed by atoms with Gasteiger partial charge in [-0.15, -0.1) is 0 Å². The minimum absolute atomic E-state index is 0.324. The van der Waals surface area contributed by atoms with Gasteiger partial charge in [-0.05, 0) is 38.2 Å². The number of carbonyl (C=O) groups excluding carboxylic acids is 2. The van der Waals surface area contributed by atoms with Crippen molar-refractivity contribution in [1.29, 1.82) is 5.26 Å². The third-order valence-electron chi connectivity index (χ3n) is 3.33. The molecule has 0 aliphatic carbocycles. The van der Waals surface area contributed by atoms with Crippen LogP contribution in [0.3, 0.4) is 0 Å². The van der Waals surface area contributed by atoms with Crippen LogP contribution in [-0.4, -0.2) is 42.9 Å². The van der Waals surface area contributed by atoms with Crippen LogP contribution in [0.2, 0.25) is 0 Å². The zero-order valence-electron chi connectivity index (χ0n) is 13.1. The number of hydrogen-bond acceptors (Lipinski definition) is 4. The van der Waals surface area contributed by atoms with E-state index in [1.54, 1.807) is 24.3 Å². The first-order chi connectivity index (χ1) is 10.6. The van der Waals surface area contributed by atoms with Gasteiger partial charge in [0, 0.05) is 6.54 Å². The average molecular weight is 302 g/mol. The fraction of sp³-hybridized carbons (Fsp3) is 0.438. The smallest absolute Gasteiger partial charge is 0.313 e. The molecule has 118 valence electrons. The van der Waals surface area contributed by atoms with Crippen LogP contribution in [-0.2, 0) is 9.59 Å². The molecule has 0 saturated carbocycles. The van der Waals surface area contributed by atoms with E-state index in [0.717, 1.165) is 26.1 Å². The van der Waals surface area contributed by atoms with E-state index in [1.165, 1.54) is 0 Å². The van der Waals surface area contributed by atoms with E-state index < -0.39 is 11.8 Å². The van der Waals surface area contributed by atoms with Gasteiger partial charge in [-0.3, -0.25) is 9.59 Å². The van der Waals surface area contributed by atoms with E-state index in [-0.39, 0.29) is 0 Å². The summed E-state index contributed by atoms with van der Waals surface area (Å²) in [5.41, 5.74) is 0.665. The monoisotopic (exact) mass is 302 g/mol. The Balaban J connectivity index is 2.40. The van der Waals surface area contributed by atoms with Crippen molar-refractivity contribution >= 4 is 17.5 Å². The largest absolute Gasteiger partial charge is 0.348 e. The maximum absolute atomic E-state index is 11.8. The van der Waals surface area contributed by atoms with E-state index in [1.807, 2.05) is 6.07 Å². The summed E-state index contributed by atoms with van der Waals surface area (Å²) in [6.07, 6.45) is 0.787. The van der Waals surface area contributed by atoms with Gasteiger partial charge in [-0.25, -0.2) is 0 Å². The molecular weight excluding hydrogens is 280 g/mol. The molecule has 1 rings (SSSR count). The second-order valence-corrected chi connectivity index (χ2v) is 4.75. The maximum atomic E-state index is 11.8. The summed E-state index contributed by atoms with van der Waals surface area (Å²) in [4.78, 5) is 25.7. The highest BCUT2D eigenvalue weighted by atomic mass is 16.2. The topological polar surface area (TPSA) is 85.2 Å². The lowest BCUT2D eigenvalue weighted by Crippen LogP contribution is -2.37. The predicted octanol–water partition coefficient (Wildman–Crippen LogP) is 1.34. The minimum Gasteiger partial charge on any atom is -0.348 e. The molecule has 0 radical (unpaired) electrons. The first kappa shape index (κ1) is 17.7. The predicted molar refractivity (Wildman–Crippen MR) is 85.2 cm³/mol. The molecule has 0 fully saturated rings. The Kier molecular flexibility index (Phi) is 7.65. The number of amides is 2. The lowest BCUT2D eigenvalue weighted by molar-refractivity contribution is -0.136. The summed E-state index contributed by atoms with van der Waals surface area (Å²) < 4.78 is 0. The van der Waals surface area contributed by atoms with Crippen molar-refractivity contribution in [2.24, 2.45) is 0 Å². The maximum Gasteiger partial charge on any atom is 0.313 e. The highest BCUT2D eigenvalue weighted by Crippen LogP contribution is 2.12. The molecule has 1 aromatic carbocycles. The molecule has 0 heterocycles. The molecule has 0 aromatic heterocycles. The van der Waals surface area contributed by atoms with Crippen molar-refractivity contribution in [3.8, 4) is 6.07 Å². The highest BCUT2D eigenvalue weighted by molar-refractivity contribution is 6.39. The highest BCUT2D eigenvalue weighted by Gasteiger charge is 2.14. The van der Waals surface area contributed by atoms with Crippen molar-refractivity contribution in [2.75, 3.05) is 31.5 Å². The van der Waals surface area contributed by atoms with Crippen molar-refractivity contribution in [1.82, 2.24) is 10.2 Å². The Morgan fingerprint density at radius 3 is 2.50 bits per heavy atom. The van der Waals surface area contributed by atoms with Crippen LogP contribution in [0.4, 0.5) is 5.69 Å². The van der Waals surface area contributed by atoms with Crippen LogP contribution in [0.25, 0.3) is 0 Å². The van der Waals surface area contributed by atoms with Gasteiger partial charge in [0.15, 0.2) is 0 Å². The number of nitriles is 1. The van der Waals surface area contributed by atoms with Crippen molar-refractivity contribution < 1.29 is 9.59 Å². The van der Waals surface area contributed by atoms with Crippen LogP contribution < -0.4 is 10.6 Å². The molecule has 1 aromatic rings. The van der Waals surface area contributed by atoms with E-state index >= 15 is 0 Å². The average Bonchev–Trinajstić information content (AvgIpc) is 2.55. The number of rotatable bonds is 7. The lowest BCUT2D eigenvalue weighted by Gasteiger charge is -2.17. The van der Waals surface area contributed by atoms with Gasteiger partial charge in [-0.2, -0.15) is 5.26 Å². The Bertz CT molecular complexity index is 547. The summed E-state index contributed by atoms with van der Waals surface area (Å²) in [6, 6.07) is 8.52. The fourth-order valence-electron chi connectivity index (χ4n) is 1.99. The van der Waals surface area contributed by atoms with Gasteiger partial charge in [0.1, 0.15) is 6.07 Å². The van der Waals surface area contributed by atoms with Gasteiger partial charge in [0.2, 0.25) is 0 Å². The standard InChI is InChI=1S/C16H22N4O2/c1-3-20(4-2)11-7-10-18-15(21)16(22)19-14-9-6-5-8-13(14)12-17/h5-6,8-9H,3-4,7,10-11H2,1-2H3,(H,18,21)(H,19,22). The Hall–Kier alpha value is -2.39. The molecule has 0 saturated heterocycles. The van der Waals surface area contributed by atoms with Gasteiger partial charge in [-0.1, -0.05) is 26.0 Å². The summed E-state index contributed by atoms with van der Waals surface area (Å²) in [7, 11) is 0. The zero-order valence-corrected chi connectivity index (χ0v) is 13.1. The van der Waals surface area contributed by atoms with Crippen molar-refractivity contribution in [2.45, 2.75) is 20.3 Å². The second kappa shape index (κ2) is 9.53. The molecule has 0 atom stereocenters. The number of nitrogens with zero attached hydrogens (tertiary/aromatic N) is 2. The van der Waals surface area contributed by atoms with Gasteiger partial charge in [0.25, 0.3) is 0 Å². The molecule has 0 aliphatic heterocycles. The third kappa shape index (κ3) is 5.54. The van der Waals surface area contributed by atoms with Crippen LogP contribution in [0.5, 0.6) is 0 Å². The van der Waals surface area contributed by atoms with E-state index in [4.69, 9.17) is 5.26 Å². The summed E-state index contributed by atoms with van der Waals surface area (Å²) in [5.74, 6) is -1.45. The lowest BCUT2D eigenvalue weighted by atomic mass is 10.2. The Labute approximate surface area is 131 Å². The first-order valence-corrected chi connectivity index (χ1v) is 7.43.